The van der Waals surface area contributed by atoms with Gasteiger partial charge in [-0.3, -0.25) is 0 Å². The first-order chi connectivity index (χ1) is 11.1. The maximum absolute atomic E-state index is 15.2. The van der Waals surface area contributed by atoms with Gasteiger partial charge in [-0.2, -0.15) is 0 Å². The van der Waals surface area contributed by atoms with Crippen LogP contribution in [0.1, 0.15) is 30.9 Å². The third-order valence-electron chi connectivity index (χ3n) is 4.35. The molecule has 1 heterocycles. The fourth-order valence-electron chi connectivity index (χ4n) is 3.06. The molecule has 0 saturated carbocycles. The van der Waals surface area contributed by atoms with Crippen molar-refractivity contribution in [2.45, 2.75) is 31.0 Å². The number of para-hydroxylation sites is 1. The Labute approximate surface area is 136 Å². The molecule has 1 saturated heterocycles. The smallest absolute Gasteiger partial charge is 0.127 e. The lowest BCUT2D eigenvalue weighted by Gasteiger charge is -2.33. The van der Waals surface area contributed by atoms with Crippen LogP contribution in [0.4, 0.5) is 10.1 Å². The van der Waals surface area contributed by atoms with Crippen LogP contribution in [-0.4, -0.2) is 18.8 Å². The highest BCUT2D eigenvalue weighted by atomic mass is 19.1. The molecule has 0 aliphatic carbocycles. The highest BCUT2D eigenvalue weighted by Gasteiger charge is 2.35. The second kappa shape index (κ2) is 7.01. The van der Waals surface area contributed by atoms with Gasteiger partial charge in [0.1, 0.15) is 17.5 Å². The van der Waals surface area contributed by atoms with Crippen LogP contribution >= 0.6 is 0 Å². The van der Waals surface area contributed by atoms with Crippen LogP contribution in [0.25, 0.3) is 0 Å². The van der Waals surface area contributed by atoms with Crippen molar-refractivity contribution in [2.24, 2.45) is 0 Å². The molecule has 0 radical (unpaired) electrons. The van der Waals surface area contributed by atoms with Gasteiger partial charge in [0, 0.05) is 12.1 Å². The van der Waals surface area contributed by atoms with E-state index < -0.39 is 5.67 Å². The van der Waals surface area contributed by atoms with Gasteiger partial charge in [0.25, 0.3) is 0 Å². The quantitative estimate of drug-likeness (QED) is 0.824. The van der Waals surface area contributed by atoms with Crippen LogP contribution in [0.2, 0.25) is 0 Å². The lowest BCUT2D eigenvalue weighted by atomic mass is 9.86. The van der Waals surface area contributed by atoms with Gasteiger partial charge in [-0.15, -0.1) is 0 Å². The Morgan fingerprint density at radius 2 is 1.83 bits per heavy atom. The summed E-state index contributed by atoms with van der Waals surface area (Å²) in [5, 5.41) is 3.21. The van der Waals surface area contributed by atoms with Crippen molar-refractivity contribution in [3.05, 3.63) is 60.2 Å². The van der Waals surface area contributed by atoms with Gasteiger partial charge in [-0.25, -0.2) is 4.39 Å². The highest BCUT2D eigenvalue weighted by Crippen LogP contribution is 2.36. The predicted octanol–water partition coefficient (Wildman–Crippen LogP) is 3.87. The number of hydrogen-bond acceptors (Lipinski definition) is 3. The monoisotopic (exact) mass is 314 g/mol. The van der Waals surface area contributed by atoms with E-state index in [-0.39, 0.29) is 6.10 Å². The van der Waals surface area contributed by atoms with Crippen LogP contribution in [0.15, 0.2) is 54.6 Å². The molecule has 2 aromatic rings. The van der Waals surface area contributed by atoms with Crippen molar-refractivity contribution in [3.63, 3.8) is 0 Å². The number of nitrogen functional groups attached to an aromatic ring is 1. The minimum atomic E-state index is -1.20. The van der Waals surface area contributed by atoms with E-state index in [0.717, 1.165) is 11.3 Å². The molecule has 1 aliphatic heterocycles. The van der Waals surface area contributed by atoms with E-state index in [2.05, 4.69) is 5.32 Å². The Balaban J connectivity index is 1.83. The summed E-state index contributed by atoms with van der Waals surface area (Å²) in [5.74, 6) is 0.748. The van der Waals surface area contributed by atoms with Gasteiger partial charge in [-0.1, -0.05) is 30.3 Å². The molecule has 0 aromatic heterocycles. The Bertz CT molecular complexity index is 626. The molecule has 2 aromatic carbocycles. The molecule has 1 fully saturated rings. The van der Waals surface area contributed by atoms with Crippen molar-refractivity contribution < 1.29 is 9.13 Å². The summed E-state index contributed by atoms with van der Waals surface area (Å²) in [5.41, 5.74) is 6.29. The lowest BCUT2D eigenvalue weighted by molar-refractivity contribution is 0.0490. The molecule has 122 valence electrons. The summed E-state index contributed by atoms with van der Waals surface area (Å²) in [6, 6.07) is 17.1. The SMILES string of the molecule is Nc1cccc(C(CC2(F)CCNCC2)Oc2ccccc2)c1. The molecule has 3 rings (SSSR count). The average Bonchev–Trinajstić information content (AvgIpc) is 2.56. The summed E-state index contributed by atoms with van der Waals surface area (Å²) < 4.78 is 21.3. The van der Waals surface area contributed by atoms with Crippen molar-refractivity contribution >= 4 is 5.69 Å². The standard InChI is InChI=1S/C19H23FN2O/c20-19(9-11-22-12-10-19)14-18(15-5-4-6-16(21)13-15)23-17-7-2-1-3-8-17/h1-8,13,18,22H,9-12,14,21H2. The molecule has 3 nitrogen and oxygen atoms in total. The first kappa shape index (κ1) is 15.8. The highest BCUT2D eigenvalue weighted by molar-refractivity contribution is 5.41. The Morgan fingerprint density at radius 3 is 2.52 bits per heavy atom. The number of hydrogen-bond donors (Lipinski definition) is 2. The van der Waals surface area contributed by atoms with Crippen LogP contribution in [0.3, 0.4) is 0 Å². The third-order valence-corrected chi connectivity index (χ3v) is 4.35. The summed E-state index contributed by atoms with van der Waals surface area (Å²) >= 11 is 0. The molecule has 1 atom stereocenters. The van der Waals surface area contributed by atoms with Gasteiger partial charge < -0.3 is 15.8 Å². The third kappa shape index (κ3) is 4.23. The molecular weight excluding hydrogens is 291 g/mol. The minimum absolute atomic E-state index is 0.340. The number of ether oxygens (including phenoxy) is 1. The average molecular weight is 314 g/mol. The minimum Gasteiger partial charge on any atom is -0.486 e. The molecule has 0 bridgehead atoms. The van der Waals surface area contributed by atoms with Crippen molar-refractivity contribution in [2.75, 3.05) is 18.8 Å². The number of nitrogens with one attached hydrogen (secondary N) is 1. The second-order valence-corrected chi connectivity index (χ2v) is 6.19. The lowest BCUT2D eigenvalue weighted by Crippen LogP contribution is -2.40. The number of halogens is 1. The van der Waals surface area contributed by atoms with Gasteiger partial charge >= 0.3 is 0 Å². The van der Waals surface area contributed by atoms with E-state index in [1.54, 1.807) is 0 Å². The van der Waals surface area contributed by atoms with Crippen LogP contribution < -0.4 is 15.8 Å². The topological polar surface area (TPSA) is 47.3 Å². The van der Waals surface area contributed by atoms with Gasteiger partial charge in [0.15, 0.2) is 0 Å². The zero-order valence-corrected chi connectivity index (χ0v) is 13.2. The number of anilines is 1. The van der Waals surface area contributed by atoms with Gasteiger partial charge in [0.05, 0.1) is 0 Å². The van der Waals surface area contributed by atoms with E-state index in [1.807, 2.05) is 54.6 Å². The maximum Gasteiger partial charge on any atom is 0.127 e. The number of benzene rings is 2. The molecule has 0 amide bonds. The zero-order chi connectivity index (χ0) is 16.1. The summed E-state index contributed by atoms with van der Waals surface area (Å²) in [6.07, 6.45) is 1.03. The van der Waals surface area contributed by atoms with Crippen LogP contribution in [0.5, 0.6) is 5.75 Å². The maximum atomic E-state index is 15.2. The van der Waals surface area contributed by atoms with E-state index >= 15 is 4.39 Å². The van der Waals surface area contributed by atoms with Crippen molar-refractivity contribution in [1.82, 2.24) is 5.32 Å². The molecular formula is C19H23FN2O. The van der Waals surface area contributed by atoms with Crippen molar-refractivity contribution in [3.8, 4) is 5.75 Å². The summed E-state index contributed by atoms with van der Waals surface area (Å²) in [4.78, 5) is 0. The number of nitrogens with two attached hydrogens (primary N) is 1. The van der Waals surface area contributed by atoms with E-state index in [0.29, 0.717) is 38.0 Å². The number of alkyl halides is 1. The van der Waals surface area contributed by atoms with E-state index in [9.17, 15) is 0 Å². The first-order valence-corrected chi connectivity index (χ1v) is 8.11. The summed E-state index contributed by atoms with van der Waals surface area (Å²) in [6.45, 7) is 1.43. The molecule has 0 spiro atoms. The molecule has 3 N–H and O–H groups in total. The molecule has 1 unspecified atom stereocenters. The normalized spacial score (nSPS) is 18.3. The molecule has 23 heavy (non-hydrogen) atoms. The molecule has 1 aliphatic rings. The van der Waals surface area contributed by atoms with Crippen molar-refractivity contribution in [1.29, 1.82) is 0 Å². The fraction of sp³-hybridized carbons (Fsp3) is 0.368. The van der Waals surface area contributed by atoms with Gasteiger partial charge in [-0.05, 0) is 55.8 Å². The van der Waals surface area contributed by atoms with Gasteiger partial charge in [0.2, 0.25) is 0 Å². The Kier molecular flexibility index (Phi) is 4.82. The second-order valence-electron chi connectivity index (χ2n) is 6.19. The predicted molar refractivity (Wildman–Crippen MR) is 91.2 cm³/mol. The van der Waals surface area contributed by atoms with Crippen LogP contribution in [-0.2, 0) is 0 Å². The first-order valence-electron chi connectivity index (χ1n) is 8.11. The van der Waals surface area contributed by atoms with Crippen LogP contribution in [0, 0.1) is 0 Å². The summed E-state index contributed by atoms with van der Waals surface area (Å²) in [7, 11) is 0. The molecule has 4 heteroatoms. The Hall–Kier alpha value is -2.07. The van der Waals surface area contributed by atoms with E-state index in [1.165, 1.54) is 0 Å². The fourth-order valence-corrected chi connectivity index (χ4v) is 3.06. The zero-order valence-electron chi connectivity index (χ0n) is 13.2. The number of piperidine rings is 1. The number of rotatable bonds is 5. The van der Waals surface area contributed by atoms with E-state index in [4.69, 9.17) is 10.5 Å². The Morgan fingerprint density at radius 1 is 1.09 bits per heavy atom. The largest absolute Gasteiger partial charge is 0.486 e.